The zero-order valence-corrected chi connectivity index (χ0v) is 9.73. The van der Waals surface area contributed by atoms with E-state index in [4.69, 9.17) is 9.47 Å². The average Bonchev–Trinajstić information content (AvgIpc) is 2.50. The lowest BCUT2D eigenvalue weighted by molar-refractivity contribution is -0.132. The lowest BCUT2D eigenvalue weighted by atomic mass is 10.2. The first-order valence-electron chi connectivity index (χ1n) is 5.17. The Bertz CT molecular complexity index is 293. The van der Waals surface area contributed by atoms with Crippen molar-refractivity contribution < 1.29 is 19.1 Å². The van der Waals surface area contributed by atoms with E-state index >= 15 is 0 Å². The van der Waals surface area contributed by atoms with Crippen LogP contribution in [0.3, 0.4) is 0 Å². The summed E-state index contributed by atoms with van der Waals surface area (Å²) in [6.07, 6.45) is 3.34. The molecule has 0 aromatic heterocycles. The molecule has 0 fully saturated rings. The van der Waals surface area contributed by atoms with Crippen molar-refractivity contribution >= 4 is 12.6 Å². The van der Waals surface area contributed by atoms with Crippen LogP contribution in [-0.2, 0) is 14.3 Å². The third-order valence-corrected chi connectivity index (χ3v) is 2.03. The Labute approximate surface area is 94.8 Å². The van der Waals surface area contributed by atoms with E-state index < -0.39 is 17.8 Å². The van der Waals surface area contributed by atoms with Crippen LogP contribution in [-0.4, -0.2) is 30.3 Å². The summed E-state index contributed by atoms with van der Waals surface area (Å²) in [7, 11) is 0. The van der Waals surface area contributed by atoms with Gasteiger partial charge in [-0.25, -0.2) is 4.79 Å². The molecule has 0 aromatic rings. The molecule has 90 valence electrons. The lowest BCUT2D eigenvalue weighted by Crippen LogP contribution is -2.43. The molecule has 1 amide bonds. The molecule has 0 saturated carbocycles. The zero-order valence-electron chi connectivity index (χ0n) is 9.73. The van der Waals surface area contributed by atoms with E-state index in [0.717, 1.165) is 0 Å². The van der Waals surface area contributed by atoms with Crippen molar-refractivity contribution in [3.8, 4) is 0 Å². The van der Waals surface area contributed by atoms with Crippen LogP contribution in [0, 0.1) is 0 Å². The van der Waals surface area contributed by atoms with Crippen molar-refractivity contribution in [3.05, 3.63) is 12.2 Å². The Kier molecular flexibility index (Phi) is 3.93. The number of ether oxygens (including phenoxy) is 2. The maximum Gasteiger partial charge on any atom is 0.408 e. The molecule has 0 bridgehead atoms. The molecule has 0 radical (unpaired) electrons. The van der Waals surface area contributed by atoms with Gasteiger partial charge in [0.25, 0.3) is 6.47 Å². The van der Waals surface area contributed by atoms with Gasteiger partial charge in [0.05, 0.1) is 6.04 Å². The van der Waals surface area contributed by atoms with E-state index in [9.17, 15) is 9.59 Å². The first kappa shape index (κ1) is 12.5. The molecule has 0 spiro atoms. The number of hydrogen-bond donors (Lipinski definition) is 1. The third kappa shape index (κ3) is 3.92. The number of carbonyl (C=O) groups is 2. The number of carbonyl (C=O) groups excluding carboxylic acids is 2. The molecule has 1 rings (SSSR count). The minimum Gasteiger partial charge on any atom is -0.458 e. The molecule has 16 heavy (non-hydrogen) atoms. The highest BCUT2D eigenvalue weighted by Gasteiger charge is 2.27. The fraction of sp³-hybridized carbons (Fsp3) is 0.636. The van der Waals surface area contributed by atoms with Crippen molar-refractivity contribution in [1.29, 1.82) is 0 Å². The molecule has 1 aliphatic carbocycles. The first-order chi connectivity index (χ1) is 7.42. The van der Waals surface area contributed by atoms with Gasteiger partial charge in [0.1, 0.15) is 11.7 Å². The molecular weight excluding hydrogens is 210 g/mol. The van der Waals surface area contributed by atoms with Gasteiger partial charge in [0.2, 0.25) is 0 Å². The van der Waals surface area contributed by atoms with E-state index in [0.29, 0.717) is 12.9 Å². The molecular formula is C11H17NO4. The molecule has 1 aliphatic rings. The summed E-state index contributed by atoms with van der Waals surface area (Å²) in [5.41, 5.74) is -0.531. The van der Waals surface area contributed by atoms with Gasteiger partial charge in [0, 0.05) is 0 Å². The summed E-state index contributed by atoms with van der Waals surface area (Å²) in [6, 6.07) is -0.236. The van der Waals surface area contributed by atoms with Crippen molar-refractivity contribution in [2.45, 2.75) is 44.9 Å². The fourth-order valence-electron chi connectivity index (χ4n) is 1.43. The largest absolute Gasteiger partial charge is 0.458 e. The second-order valence-corrected chi connectivity index (χ2v) is 4.61. The molecule has 5 heteroatoms. The van der Waals surface area contributed by atoms with Crippen LogP contribution >= 0.6 is 0 Å². The smallest absolute Gasteiger partial charge is 0.408 e. The van der Waals surface area contributed by atoms with Gasteiger partial charge in [-0.2, -0.15) is 0 Å². The Morgan fingerprint density at radius 1 is 1.50 bits per heavy atom. The molecule has 1 N–H and O–H groups in total. The van der Waals surface area contributed by atoms with Gasteiger partial charge in [-0.1, -0.05) is 6.08 Å². The van der Waals surface area contributed by atoms with Crippen molar-refractivity contribution in [2.24, 2.45) is 0 Å². The van der Waals surface area contributed by atoms with Gasteiger partial charge in [-0.05, 0) is 33.3 Å². The van der Waals surface area contributed by atoms with Crippen LogP contribution in [0.4, 0.5) is 4.79 Å². The monoisotopic (exact) mass is 227 g/mol. The fourth-order valence-corrected chi connectivity index (χ4v) is 1.43. The number of nitrogens with one attached hydrogen (secondary N) is 1. The molecule has 0 heterocycles. The van der Waals surface area contributed by atoms with Gasteiger partial charge in [0.15, 0.2) is 0 Å². The van der Waals surface area contributed by atoms with E-state index in [-0.39, 0.29) is 6.04 Å². The minimum atomic E-state index is -0.531. The Hall–Kier alpha value is -1.52. The summed E-state index contributed by atoms with van der Waals surface area (Å²) in [5, 5.41) is 2.66. The second kappa shape index (κ2) is 5.01. The first-order valence-corrected chi connectivity index (χ1v) is 5.17. The normalized spacial score (nSPS) is 23.9. The van der Waals surface area contributed by atoms with Crippen LogP contribution in [0.25, 0.3) is 0 Å². The average molecular weight is 227 g/mol. The summed E-state index contributed by atoms with van der Waals surface area (Å²) in [4.78, 5) is 21.7. The summed E-state index contributed by atoms with van der Waals surface area (Å²) < 4.78 is 9.91. The summed E-state index contributed by atoms with van der Waals surface area (Å²) in [5.74, 6) is 0. The Morgan fingerprint density at radius 2 is 2.19 bits per heavy atom. The molecule has 2 atom stereocenters. The van der Waals surface area contributed by atoms with E-state index in [1.54, 1.807) is 26.8 Å². The highest BCUT2D eigenvalue weighted by atomic mass is 16.6. The van der Waals surface area contributed by atoms with Gasteiger partial charge in [-0.3, -0.25) is 4.79 Å². The van der Waals surface area contributed by atoms with Crippen LogP contribution < -0.4 is 5.32 Å². The standard InChI is InChI=1S/C11H17NO4/c1-11(2,3)16-10(14)12-8-5-4-6-9(8)15-7-13/h4,6-9H,5H2,1-3H3,(H,12,14)/t8-,9+/m1/s1. The summed E-state index contributed by atoms with van der Waals surface area (Å²) in [6.45, 7) is 5.75. The van der Waals surface area contributed by atoms with E-state index in [1.807, 2.05) is 6.08 Å². The third-order valence-electron chi connectivity index (χ3n) is 2.03. The number of hydrogen-bond acceptors (Lipinski definition) is 4. The predicted octanol–water partition coefficient (Wildman–Crippen LogP) is 1.38. The quantitative estimate of drug-likeness (QED) is 0.584. The zero-order chi connectivity index (χ0) is 12.2. The molecule has 5 nitrogen and oxygen atoms in total. The number of alkyl carbamates (subject to hydrolysis) is 1. The van der Waals surface area contributed by atoms with E-state index in [2.05, 4.69) is 5.32 Å². The molecule has 0 saturated heterocycles. The molecule has 0 unspecified atom stereocenters. The number of rotatable bonds is 3. The van der Waals surface area contributed by atoms with Crippen molar-refractivity contribution in [1.82, 2.24) is 5.32 Å². The highest BCUT2D eigenvalue weighted by molar-refractivity contribution is 5.68. The van der Waals surface area contributed by atoms with Crippen LogP contribution in [0.5, 0.6) is 0 Å². The van der Waals surface area contributed by atoms with Crippen LogP contribution in [0.2, 0.25) is 0 Å². The Balaban J connectivity index is 2.42. The van der Waals surface area contributed by atoms with Gasteiger partial charge >= 0.3 is 6.09 Å². The maximum absolute atomic E-state index is 11.5. The highest BCUT2D eigenvalue weighted by Crippen LogP contribution is 2.15. The van der Waals surface area contributed by atoms with E-state index in [1.165, 1.54) is 0 Å². The van der Waals surface area contributed by atoms with Crippen molar-refractivity contribution in [2.75, 3.05) is 0 Å². The number of amides is 1. The summed E-state index contributed by atoms with van der Waals surface area (Å²) >= 11 is 0. The van der Waals surface area contributed by atoms with Gasteiger partial charge < -0.3 is 14.8 Å². The molecule has 0 aromatic carbocycles. The van der Waals surface area contributed by atoms with Crippen LogP contribution in [0.1, 0.15) is 27.2 Å². The minimum absolute atomic E-state index is 0.236. The maximum atomic E-state index is 11.5. The second-order valence-electron chi connectivity index (χ2n) is 4.61. The topological polar surface area (TPSA) is 64.6 Å². The predicted molar refractivity (Wildman–Crippen MR) is 57.9 cm³/mol. The van der Waals surface area contributed by atoms with Gasteiger partial charge in [-0.15, -0.1) is 0 Å². The lowest BCUT2D eigenvalue weighted by Gasteiger charge is -2.23. The molecule has 0 aliphatic heterocycles. The van der Waals surface area contributed by atoms with Crippen LogP contribution in [0.15, 0.2) is 12.2 Å². The Morgan fingerprint density at radius 3 is 2.75 bits per heavy atom. The SMILES string of the molecule is CC(C)(C)OC(=O)N[C@@H]1CC=C[C@@H]1OC=O. The van der Waals surface area contributed by atoms with Crippen molar-refractivity contribution in [3.63, 3.8) is 0 Å².